The van der Waals surface area contributed by atoms with Gasteiger partial charge in [-0.05, 0) is 32.9 Å². The van der Waals surface area contributed by atoms with Crippen LogP contribution in [0, 0.1) is 11.3 Å². The van der Waals surface area contributed by atoms with E-state index in [9.17, 15) is 5.26 Å². The molecule has 1 aromatic rings. The Morgan fingerprint density at radius 1 is 1.21 bits per heavy atom. The molecule has 1 rings (SSSR count). The highest BCUT2D eigenvalue weighted by Gasteiger charge is 2.31. The summed E-state index contributed by atoms with van der Waals surface area (Å²) in [5.74, 6) is 0. The molecule has 104 valence electrons. The molecule has 0 aromatic heterocycles. The minimum atomic E-state index is -0.665. The van der Waals surface area contributed by atoms with Crippen LogP contribution < -0.4 is 5.32 Å². The van der Waals surface area contributed by atoms with Crippen molar-refractivity contribution >= 4 is 0 Å². The zero-order valence-electron chi connectivity index (χ0n) is 12.4. The summed E-state index contributed by atoms with van der Waals surface area (Å²) in [5.41, 5.74) is 0.155. The number of ether oxygens (including phenoxy) is 1. The van der Waals surface area contributed by atoms with Crippen LogP contribution in [-0.2, 0) is 10.3 Å². The van der Waals surface area contributed by atoms with E-state index in [0.717, 1.165) is 12.1 Å². The smallest absolute Gasteiger partial charge is 0.134 e. The van der Waals surface area contributed by atoms with Crippen molar-refractivity contribution in [1.29, 1.82) is 5.26 Å². The molecule has 1 atom stereocenters. The fourth-order valence-electron chi connectivity index (χ4n) is 2.03. The van der Waals surface area contributed by atoms with Gasteiger partial charge in [-0.25, -0.2) is 0 Å². The molecule has 0 saturated heterocycles. The van der Waals surface area contributed by atoms with Gasteiger partial charge < -0.3 is 4.74 Å². The third kappa shape index (κ3) is 4.66. The Balaban J connectivity index is 2.85. The lowest BCUT2D eigenvalue weighted by atomic mass is 9.88. The third-order valence-corrected chi connectivity index (χ3v) is 2.95. The molecule has 0 saturated carbocycles. The van der Waals surface area contributed by atoms with Crippen molar-refractivity contribution < 1.29 is 4.74 Å². The molecule has 3 heteroatoms. The Bertz CT molecular complexity index is 417. The molecule has 0 radical (unpaired) electrons. The Morgan fingerprint density at radius 2 is 1.84 bits per heavy atom. The zero-order chi connectivity index (χ0) is 14.4. The average Bonchev–Trinajstić information content (AvgIpc) is 2.37. The number of nitriles is 1. The van der Waals surface area contributed by atoms with Gasteiger partial charge in [-0.3, -0.25) is 5.32 Å². The SMILES string of the molecule is CCNC(C#N)(CCOC(C)(C)C)c1ccccc1. The van der Waals surface area contributed by atoms with Crippen LogP contribution in [0.25, 0.3) is 0 Å². The van der Waals surface area contributed by atoms with Gasteiger partial charge in [0.05, 0.1) is 18.3 Å². The molecule has 0 heterocycles. The Labute approximate surface area is 116 Å². The van der Waals surface area contributed by atoms with E-state index in [1.54, 1.807) is 0 Å². The van der Waals surface area contributed by atoms with E-state index in [4.69, 9.17) is 4.74 Å². The van der Waals surface area contributed by atoms with E-state index in [2.05, 4.69) is 11.4 Å². The molecule has 0 aliphatic rings. The normalized spacial score (nSPS) is 14.7. The maximum Gasteiger partial charge on any atom is 0.134 e. The van der Waals surface area contributed by atoms with Crippen molar-refractivity contribution in [2.45, 2.75) is 45.3 Å². The number of hydrogen-bond acceptors (Lipinski definition) is 3. The minimum Gasteiger partial charge on any atom is -0.376 e. The molecular formula is C16H24N2O. The Hall–Kier alpha value is -1.37. The highest BCUT2D eigenvalue weighted by atomic mass is 16.5. The van der Waals surface area contributed by atoms with Crippen LogP contribution in [0.4, 0.5) is 0 Å². The summed E-state index contributed by atoms with van der Waals surface area (Å²) in [7, 11) is 0. The molecule has 1 unspecified atom stereocenters. The lowest BCUT2D eigenvalue weighted by molar-refractivity contribution is -0.0106. The van der Waals surface area contributed by atoms with Gasteiger partial charge in [0.1, 0.15) is 5.54 Å². The average molecular weight is 260 g/mol. The van der Waals surface area contributed by atoms with Gasteiger partial charge in [0.2, 0.25) is 0 Å². The minimum absolute atomic E-state index is 0.176. The largest absolute Gasteiger partial charge is 0.376 e. The molecule has 0 aliphatic heterocycles. The summed E-state index contributed by atoms with van der Waals surface area (Å²) in [6.45, 7) is 9.39. The number of nitrogens with one attached hydrogen (secondary N) is 1. The summed E-state index contributed by atoms with van der Waals surface area (Å²) in [6.07, 6.45) is 0.638. The molecule has 0 bridgehead atoms. The summed E-state index contributed by atoms with van der Waals surface area (Å²) in [6, 6.07) is 12.3. The van der Waals surface area contributed by atoms with Crippen molar-refractivity contribution in [2.24, 2.45) is 0 Å². The summed E-state index contributed by atoms with van der Waals surface area (Å²) < 4.78 is 5.76. The van der Waals surface area contributed by atoms with Gasteiger partial charge >= 0.3 is 0 Å². The molecule has 3 nitrogen and oxygen atoms in total. The first kappa shape index (κ1) is 15.7. The van der Waals surface area contributed by atoms with Gasteiger partial charge in [0, 0.05) is 6.42 Å². The Kier molecular flexibility index (Phi) is 5.53. The standard InChI is InChI=1S/C16H24N2O/c1-5-18-16(13-17,11-12-19-15(2,3)4)14-9-7-6-8-10-14/h6-10,18H,5,11-12H2,1-4H3. The fraction of sp³-hybridized carbons (Fsp3) is 0.562. The predicted molar refractivity (Wildman–Crippen MR) is 77.7 cm³/mol. The van der Waals surface area contributed by atoms with Crippen molar-refractivity contribution in [3.05, 3.63) is 35.9 Å². The van der Waals surface area contributed by atoms with Crippen LogP contribution in [0.2, 0.25) is 0 Å². The summed E-state index contributed by atoms with van der Waals surface area (Å²) in [5, 5.41) is 12.9. The second-order valence-corrected chi connectivity index (χ2v) is 5.62. The highest BCUT2D eigenvalue weighted by molar-refractivity contribution is 5.31. The van der Waals surface area contributed by atoms with Gasteiger partial charge in [0.15, 0.2) is 0 Å². The highest BCUT2D eigenvalue weighted by Crippen LogP contribution is 2.25. The van der Waals surface area contributed by atoms with E-state index in [0.29, 0.717) is 13.0 Å². The van der Waals surface area contributed by atoms with Gasteiger partial charge in [-0.15, -0.1) is 0 Å². The molecule has 0 fully saturated rings. The predicted octanol–water partition coefficient (Wildman–Crippen LogP) is 3.22. The maximum absolute atomic E-state index is 9.62. The molecule has 0 spiro atoms. The topological polar surface area (TPSA) is 45.0 Å². The van der Waals surface area contributed by atoms with Crippen LogP contribution in [-0.4, -0.2) is 18.8 Å². The van der Waals surface area contributed by atoms with Crippen molar-refractivity contribution in [3.8, 4) is 6.07 Å². The molecular weight excluding hydrogens is 236 g/mol. The first-order chi connectivity index (χ1) is 8.93. The lowest BCUT2D eigenvalue weighted by Crippen LogP contribution is -2.42. The Morgan fingerprint density at radius 3 is 2.32 bits per heavy atom. The molecule has 19 heavy (non-hydrogen) atoms. The molecule has 1 N–H and O–H groups in total. The molecule has 0 aliphatic carbocycles. The second-order valence-electron chi connectivity index (χ2n) is 5.62. The third-order valence-electron chi connectivity index (χ3n) is 2.95. The first-order valence-corrected chi connectivity index (χ1v) is 6.79. The first-order valence-electron chi connectivity index (χ1n) is 6.79. The van der Waals surface area contributed by atoms with E-state index < -0.39 is 5.54 Å². The van der Waals surface area contributed by atoms with E-state index in [1.807, 2.05) is 58.0 Å². The van der Waals surface area contributed by atoms with Crippen LogP contribution in [0.5, 0.6) is 0 Å². The molecule has 1 aromatic carbocycles. The molecule has 0 amide bonds. The van der Waals surface area contributed by atoms with E-state index in [1.165, 1.54) is 0 Å². The van der Waals surface area contributed by atoms with E-state index >= 15 is 0 Å². The van der Waals surface area contributed by atoms with Crippen molar-refractivity contribution in [1.82, 2.24) is 5.32 Å². The van der Waals surface area contributed by atoms with Crippen LogP contribution in [0.1, 0.15) is 39.7 Å². The van der Waals surface area contributed by atoms with Gasteiger partial charge in [-0.1, -0.05) is 37.3 Å². The van der Waals surface area contributed by atoms with Crippen LogP contribution in [0.3, 0.4) is 0 Å². The number of rotatable bonds is 6. The lowest BCUT2D eigenvalue weighted by Gasteiger charge is -2.30. The van der Waals surface area contributed by atoms with Crippen molar-refractivity contribution in [3.63, 3.8) is 0 Å². The van der Waals surface area contributed by atoms with Gasteiger partial charge in [-0.2, -0.15) is 5.26 Å². The summed E-state index contributed by atoms with van der Waals surface area (Å²) in [4.78, 5) is 0. The van der Waals surface area contributed by atoms with Gasteiger partial charge in [0.25, 0.3) is 0 Å². The number of hydrogen-bond donors (Lipinski definition) is 1. The number of benzene rings is 1. The number of nitrogens with zero attached hydrogens (tertiary/aromatic N) is 1. The summed E-state index contributed by atoms with van der Waals surface area (Å²) >= 11 is 0. The quantitative estimate of drug-likeness (QED) is 0.854. The van der Waals surface area contributed by atoms with E-state index in [-0.39, 0.29) is 5.60 Å². The second kappa shape index (κ2) is 6.70. The van der Waals surface area contributed by atoms with Crippen LogP contribution in [0.15, 0.2) is 30.3 Å². The fourth-order valence-corrected chi connectivity index (χ4v) is 2.03. The zero-order valence-corrected chi connectivity index (χ0v) is 12.4. The van der Waals surface area contributed by atoms with Crippen LogP contribution >= 0.6 is 0 Å². The maximum atomic E-state index is 9.62. The monoisotopic (exact) mass is 260 g/mol. The van der Waals surface area contributed by atoms with Crippen molar-refractivity contribution in [2.75, 3.05) is 13.2 Å².